The molecular weight excluding hydrogens is 241 g/mol. The third-order valence-corrected chi connectivity index (χ3v) is 2.87. The molecule has 0 aliphatic carbocycles. The van der Waals surface area contributed by atoms with Crippen LogP contribution in [0, 0.1) is 11.8 Å². The average Bonchev–Trinajstić information content (AvgIpc) is 2.24. The Labute approximate surface area is 107 Å². The Hall–Kier alpha value is -0.680. The molecule has 0 bridgehead atoms. The normalized spacial score (nSPS) is 11.8. The lowest BCUT2D eigenvalue weighted by molar-refractivity contribution is 0.584. The van der Waals surface area contributed by atoms with E-state index < -0.39 is 0 Å². The van der Waals surface area contributed by atoms with Gasteiger partial charge in [0.2, 0.25) is 0 Å². The zero-order chi connectivity index (χ0) is 12.0. The Morgan fingerprint density at radius 1 is 1.38 bits per heavy atom. The summed E-state index contributed by atoms with van der Waals surface area (Å²) in [6.07, 6.45) is 0.853. The maximum atomic E-state index is 6.11. The van der Waals surface area contributed by atoms with E-state index in [0.29, 0.717) is 10.0 Å². The largest absolute Gasteiger partial charge is 0.309 e. The van der Waals surface area contributed by atoms with Gasteiger partial charge in [-0.1, -0.05) is 29.3 Å². The molecule has 1 rings (SSSR count). The van der Waals surface area contributed by atoms with Gasteiger partial charge in [-0.3, -0.25) is 0 Å². The highest BCUT2D eigenvalue weighted by Gasteiger charge is 2.08. The molecule has 0 fully saturated rings. The Bertz CT molecular complexity index is 404. The summed E-state index contributed by atoms with van der Waals surface area (Å²) in [7, 11) is 0. The number of nitrogens with one attached hydrogen (secondary N) is 1. The highest BCUT2D eigenvalue weighted by molar-refractivity contribution is 6.35. The molecule has 1 aromatic carbocycles. The molecule has 3 heteroatoms. The van der Waals surface area contributed by atoms with E-state index in [1.54, 1.807) is 6.07 Å². The van der Waals surface area contributed by atoms with Gasteiger partial charge in [0.25, 0.3) is 0 Å². The van der Waals surface area contributed by atoms with E-state index in [9.17, 15) is 0 Å². The lowest BCUT2D eigenvalue weighted by Gasteiger charge is -2.15. The first kappa shape index (κ1) is 13.4. The molecular formula is C13H15Cl2N. The SMILES string of the molecule is CC#CCCNC(C)c1ccc(Cl)cc1Cl. The van der Waals surface area contributed by atoms with Crippen molar-refractivity contribution in [2.45, 2.75) is 26.3 Å². The minimum absolute atomic E-state index is 0.212. The average molecular weight is 256 g/mol. The van der Waals surface area contributed by atoms with Gasteiger partial charge in [0.05, 0.1) is 0 Å². The minimum atomic E-state index is 0.212. The molecule has 16 heavy (non-hydrogen) atoms. The fraction of sp³-hybridized carbons (Fsp3) is 0.385. The van der Waals surface area contributed by atoms with Gasteiger partial charge in [0, 0.05) is 29.1 Å². The summed E-state index contributed by atoms with van der Waals surface area (Å²) in [6.45, 7) is 4.79. The number of hydrogen-bond donors (Lipinski definition) is 1. The number of hydrogen-bond acceptors (Lipinski definition) is 1. The van der Waals surface area contributed by atoms with Crippen molar-refractivity contribution in [3.8, 4) is 11.8 Å². The van der Waals surface area contributed by atoms with Crippen molar-refractivity contribution >= 4 is 23.2 Å². The molecule has 1 N–H and O–H groups in total. The molecule has 0 heterocycles. The third kappa shape index (κ3) is 4.06. The monoisotopic (exact) mass is 255 g/mol. The molecule has 0 radical (unpaired) electrons. The van der Waals surface area contributed by atoms with E-state index in [1.807, 2.05) is 19.1 Å². The Kier molecular flexibility index (Phi) is 5.69. The van der Waals surface area contributed by atoms with Crippen LogP contribution in [-0.4, -0.2) is 6.54 Å². The van der Waals surface area contributed by atoms with Crippen LogP contribution in [0.4, 0.5) is 0 Å². The maximum absolute atomic E-state index is 6.11. The first-order valence-electron chi connectivity index (χ1n) is 5.23. The van der Waals surface area contributed by atoms with Crippen molar-refractivity contribution < 1.29 is 0 Å². The molecule has 0 aliphatic heterocycles. The topological polar surface area (TPSA) is 12.0 Å². The van der Waals surface area contributed by atoms with Gasteiger partial charge in [0.15, 0.2) is 0 Å². The smallest absolute Gasteiger partial charge is 0.0468 e. The van der Waals surface area contributed by atoms with Crippen molar-refractivity contribution in [2.75, 3.05) is 6.54 Å². The van der Waals surface area contributed by atoms with E-state index in [-0.39, 0.29) is 6.04 Å². The van der Waals surface area contributed by atoms with Crippen LogP contribution in [0.3, 0.4) is 0 Å². The van der Waals surface area contributed by atoms with E-state index in [1.165, 1.54) is 0 Å². The van der Waals surface area contributed by atoms with E-state index in [2.05, 4.69) is 24.1 Å². The van der Waals surface area contributed by atoms with Crippen molar-refractivity contribution in [2.24, 2.45) is 0 Å². The van der Waals surface area contributed by atoms with Crippen LogP contribution in [0.15, 0.2) is 18.2 Å². The Balaban J connectivity index is 2.57. The molecule has 1 atom stereocenters. The Morgan fingerprint density at radius 2 is 2.12 bits per heavy atom. The van der Waals surface area contributed by atoms with Crippen LogP contribution in [0.5, 0.6) is 0 Å². The maximum Gasteiger partial charge on any atom is 0.0468 e. The molecule has 0 saturated heterocycles. The molecule has 1 nitrogen and oxygen atoms in total. The van der Waals surface area contributed by atoms with Crippen molar-refractivity contribution in [1.82, 2.24) is 5.32 Å². The summed E-state index contributed by atoms with van der Waals surface area (Å²) in [5.74, 6) is 5.88. The van der Waals surface area contributed by atoms with Crippen LogP contribution in [0.2, 0.25) is 10.0 Å². The summed E-state index contributed by atoms with van der Waals surface area (Å²) in [5, 5.41) is 4.73. The van der Waals surface area contributed by atoms with Gasteiger partial charge < -0.3 is 5.32 Å². The van der Waals surface area contributed by atoms with Crippen LogP contribution in [-0.2, 0) is 0 Å². The molecule has 0 aromatic heterocycles. The lowest BCUT2D eigenvalue weighted by Crippen LogP contribution is -2.19. The second-order valence-corrected chi connectivity index (χ2v) is 4.36. The second kappa shape index (κ2) is 6.81. The first-order chi connectivity index (χ1) is 7.65. The summed E-state index contributed by atoms with van der Waals surface area (Å²) < 4.78 is 0. The van der Waals surface area contributed by atoms with Gasteiger partial charge in [-0.05, 0) is 31.5 Å². The van der Waals surface area contributed by atoms with E-state index >= 15 is 0 Å². The standard InChI is InChI=1S/C13H15Cl2N/c1-3-4-5-8-16-10(2)12-7-6-11(14)9-13(12)15/h6-7,9-10,16H,5,8H2,1-2H3. The lowest BCUT2D eigenvalue weighted by atomic mass is 10.1. The Morgan fingerprint density at radius 3 is 2.75 bits per heavy atom. The molecule has 86 valence electrons. The van der Waals surface area contributed by atoms with Crippen molar-refractivity contribution in [1.29, 1.82) is 0 Å². The number of benzene rings is 1. The van der Waals surface area contributed by atoms with Gasteiger partial charge in [-0.25, -0.2) is 0 Å². The molecule has 0 spiro atoms. The number of halogens is 2. The minimum Gasteiger partial charge on any atom is -0.309 e. The van der Waals surface area contributed by atoms with E-state index in [4.69, 9.17) is 23.2 Å². The predicted molar refractivity (Wildman–Crippen MR) is 70.9 cm³/mol. The molecule has 0 amide bonds. The first-order valence-corrected chi connectivity index (χ1v) is 5.98. The van der Waals surface area contributed by atoms with Crippen LogP contribution in [0.1, 0.15) is 31.9 Å². The van der Waals surface area contributed by atoms with Gasteiger partial charge in [-0.15, -0.1) is 11.8 Å². The van der Waals surface area contributed by atoms with Gasteiger partial charge in [0.1, 0.15) is 0 Å². The van der Waals surface area contributed by atoms with Crippen molar-refractivity contribution in [3.05, 3.63) is 33.8 Å². The van der Waals surface area contributed by atoms with Gasteiger partial charge in [-0.2, -0.15) is 0 Å². The van der Waals surface area contributed by atoms with E-state index in [0.717, 1.165) is 18.5 Å². The van der Waals surface area contributed by atoms with Crippen LogP contribution in [0.25, 0.3) is 0 Å². The molecule has 0 saturated carbocycles. The van der Waals surface area contributed by atoms with Crippen LogP contribution < -0.4 is 5.32 Å². The summed E-state index contributed by atoms with van der Waals surface area (Å²) in [6, 6.07) is 5.78. The summed E-state index contributed by atoms with van der Waals surface area (Å²) in [5.41, 5.74) is 1.07. The number of rotatable bonds is 4. The fourth-order valence-corrected chi connectivity index (χ4v) is 2.01. The highest BCUT2D eigenvalue weighted by atomic mass is 35.5. The third-order valence-electron chi connectivity index (χ3n) is 2.31. The summed E-state index contributed by atoms with van der Waals surface area (Å²) in [4.78, 5) is 0. The molecule has 1 aromatic rings. The fourth-order valence-electron chi connectivity index (χ4n) is 1.44. The highest BCUT2D eigenvalue weighted by Crippen LogP contribution is 2.25. The van der Waals surface area contributed by atoms with Crippen molar-refractivity contribution in [3.63, 3.8) is 0 Å². The van der Waals surface area contributed by atoms with Gasteiger partial charge >= 0.3 is 0 Å². The molecule has 1 unspecified atom stereocenters. The van der Waals surface area contributed by atoms with Crippen LogP contribution >= 0.6 is 23.2 Å². The zero-order valence-corrected chi connectivity index (χ0v) is 11.0. The second-order valence-electron chi connectivity index (χ2n) is 3.52. The summed E-state index contributed by atoms with van der Waals surface area (Å²) >= 11 is 12.0. The predicted octanol–water partition coefficient (Wildman–Crippen LogP) is 4.06. The quantitative estimate of drug-likeness (QED) is 0.632. The zero-order valence-electron chi connectivity index (χ0n) is 9.48. The molecule has 0 aliphatic rings.